The van der Waals surface area contributed by atoms with Crippen LogP contribution in [0.2, 0.25) is 5.02 Å². The molecule has 5 nitrogen and oxygen atoms in total. The largest absolute Gasteiger partial charge is 0.497 e. The minimum atomic E-state index is -0.684. The molecule has 0 heterocycles. The molecule has 1 aliphatic rings. The zero-order valence-corrected chi connectivity index (χ0v) is 17.4. The van der Waals surface area contributed by atoms with Crippen molar-refractivity contribution in [2.45, 2.75) is 37.1 Å². The number of hydrogen-bond acceptors (Lipinski definition) is 5. The summed E-state index contributed by atoms with van der Waals surface area (Å²) in [6, 6.07) is 13.2. The highest BCUT2D eigenvalue weighted by Gasteiger charge is 2.32. The number of methoxy groups -OCH3 is 1. The summed E-state index contributed by atoms with van der Waals surface area (Å²) >= 11 is 6.03. The predicted octanol–water partition coefficient (Wildman–Crippen LogP) is 3.56. The van der Waals surface area contributed by atoms with Crippen molar-refractivity contribution in [2.24, 2.45) is 5.73 Å². The van der Waals surface area contributed by atoms with Crippen molar-refractivity contribution in [2.75, 3.05) is 20.3 Å². The topological polar surface area (TPSA) is 76.7 Å². The van der Waals surface area contributed by atoms with E-state index in [2.05, 4.69) is 11.9 Å². The Morgan fingerprint density at radius 1 is 1.31 bits per heavy atom. The SMILES string of the molecule is C=CCO[C@@H]1C[C@H](NC[C@@H](O)[C@@H](N)Cc2cccc(Cl)c2)c2cc(OC)ccc21. The zero-order chi connectivity index (χ0) is 20.8. The number of benzene rings is 2. The van der Waals surface area contributed by atoms with Gasteiger partial charge in [-0.3, -0.25) is 0 Å². The Labute approximate surface area is 177 Å². The molecule has 4 atom stereocenters. The molecule has 0 amide bonds. The van der Waals surface area contributed by atoms with E-state index in [1.165, 1.54) is 0 Å². The molecule has 0 radical (unpaired) electrons. The van der Waals surface area contributed by atoms with Crippen molar-refractivity contribution in [1.29, 1.82) is 0 Å². The van der Waals surface area contributed by atoms with E-state index in [1.807, 2.05) is 42.5 Å². The fourth-order valence-corrected chi connectivity index (χ4v) is 3.98. The van der Waals surface area contributed by atoms with E-state index in [0.717, 1.165) is 28.9 Å². The van der Waals surface area contributed by atoms with Crippen molar-refractivity contribution >= 4 is 11.6 Å². The predicted molar refractivity (Wildman–Crippen MR) is 116 cm³/mol. The van der Waals surface area contributed by atoms with E-state index >= 15 is 0 Å². The highest BCUT2D eigenvalue weighted by Crippen LogP contribution is 2.42. The van der Waals surface area contributed by atoms with E-state index in [0.29, 0.717) is 24.6 Å². The highest BCUT2D eigenvalue weighted by molar-refractivity contribution is 6.30. The van der Waals surface area contributed by atoms with E-state index in [4.69, 9.17) is 26.8 Å². The Kier molecular flexibility index (Phi) is 7.70. The second kappa shape index (κ2) is 10.2. The molecule has 3 rings (SSSR count). The second-order valence-corrected chi connectivity index (χ2v) is 7.80. The van der Waals surface area contributed by atoms with Crippen LogP contribution in [0.5, 0.6) is 5.75 Å². The summed E-state index contributed by atoms with van der Waals surface area (Å²) in [5, 5.41) is 14.7. The number of hydrogen-bond donors (Lipinski definition) is 3. The fourth-order valence-electron chi connectivity index (χ4n) is 3.76. The molecule has 2 aromatic rings. The van der Waals surface area contributed by atoms with Gasteiger partial charge in [0.2, 0.25) is 0 Å². The smallest absolute Gasteiger partial charge is 0.119 e. The molecule has 0 aliphatic heterocycles. The molecule has 0 unspecified atom stereocenters. The first kappa shape index (κ1) is 21.8. The Morgan fingerprint density at radius 2 is 2.14 bits per heavy atom. The van der Waals surface area contributed by atoms with E-state index < -0.39 is 6.10 Å². The molecule has 0 bridgehead atoms. The van der Waals surface area contributed by atoms with Gasteiger partial charge in [-0.15, -0.1) is 6.58 Å². The van der Waals surface area contributed by atoms with Crippen LogP contribution in [-0.4, -0.2) is 37.5 Å². The molecule has 0 saturated heterocycles. The first-order valence-electron chi connectivity index (χ1n) is 9.83. The standard InChI is InChI=1S/C23H29ClN2O3/c1-3-9-29-23-13-21(19-12-17(28-2)7-8-18(19)23)26-14-22(27)20(25)11-15-5-4-6-16(24)10-15/h3-8,10,12,20-23,26-27H,1,9,11,13-14,25H2,2H3/t20-,21-,22+,23+/m0/s1. The summed E-state index contributed by atoms with van der Waals surface area (Å²) in [6.07, 6.45) is 2.40. The molecule has 2 aromatic carbocycles. The summed E-state index contributed by atoms with van der Waals surface area (Å²) in [7, 11) is 1.66. The third-order valence-corrected chi connectivity index (χ3v) is 5.54. The Morgan fingerprint density at radius 3 is 2.86 bits per heavy atom. The van der Waals surface area contributed by atoms with Crippen LogP contribution in [-0.2, 0) is 11.2 Å². The van der Waals surface area contributed by atoms with Crippen molar-refractivity contribution in [3.63, 3.8) is 0 Å². The van der Waals surface area contributed by atoms with Gasteiger partial charge < -0.3 is 25.6 Å². The van der Waals surface area contributed by atoms with Gasteiger partial charge in [-0.2, -0.15) is 0 Å². The number of rotatable bonds is 10. The second-order valence-electron chi connectivity index (χ2n) is 7.37. The van der Waals surface area contributed by atoms with Gasteiger partial charge in [0.15, 0.2) is 0 Å². The van der Waals surface area contributed by atoms with Crippen LogP contribution in [0.4, 0.5) is 0 Å². The molecule has 0 fully saturated rings. The maximum absolute atomic E-state index is 10.6. The van der Waals surface area contributed by atoms with Gasteiger partial charge in [0, 0.05) is 23.7 Å². The van der Waals surface area contributed by atoms with Crippen LogP contribution < -0.4 is 15.8 Å². The zero-order valence-electron chi connectivity index (χ0n) is 16.7. The number of ether oxygens (including phenoxy) is 2. The van der Waals surface area contributed by atoms with Crippen LogP contribution in [0.3, 0.4) is 0 Å². The number of aliphatic hydroxyl groups excluding tert-OH is 1. The molecule has 29 heavy (non-hydrogen) atoms. The molecule has 1 aliphatic carbocycles. The number of halogens is 1. The van der Waals surface area contributed by atoms with Crippen LogP contribution in [0.1, 0.15) is 35.3 Å². The molecule has 6 heteroatoms. The number of fused-ring (bicyclic) bond motifs is 1. The van der Waals surface area contributed by atoms with E-state index in [-0.39, 0.29) is 18.2 Å². The van der Waals surface area contributed by atoms with Gasteiger partial charge in [-0.05, 0) is 53.8 Å². The first-order chi connectivity index (χ1) is 14.0. The van der Waals surface area contributed by atoms with E-state index in [9.17, 15) is 5.11 Å². The Balaban J connectivity index is 1.62. The van der Waals surface area contributed by atoms with E-state index in [1.54, 1.807) is 13.2 Å². The normalized spacial score (nSPS) is 20.1. The number of nitrogens with one attached hydrogen (secondary N) is 1. The summed E-state index contributed by atoms with van der Waals surface area (Å²) in [4.78, 5) is 0. The van der Waals surface area contributed by atoms with Crippen LogP contribution in [0.15, 0.2) is 55.1 Å². The quantitative estimate of drug-likeness (QED) is 0.516. The lowest BCUT2D eigenvalue weighted by atomic mass is 10.0. The highest BCUT2D eigenvalue weighted by atomic mass is 35.5. The molecule has 4 N–H and O–H groups in total. The number of nitrogens with two attached hydrogens (primary N) is 1. The molecule has 0 spiro atoms. The molecule has 0 saturated carbocycles. The van der Waals surface area contributed by atoms with Crippen LogP contribution >= 0.6 is 11.6 Å². The molecular weight excluding hydrogens is 388 g/mol. The van der Waals surface area contributed by atoms with Crippen molar-refractivity contribution in [3.8, 4) is 5.75 Å². The minimum Gasteiger partial charge on any atom is -0.497 e. The van der Waals surface area contributed by atoms with Gasteiger partial charge in [0.1, 0.15) is 5.75 Å². The van der Waals surface area contributed by atoms with Gasteiger partial charge in [-0.25, -0.2) is 0 Å². The van der Waals surface area contributed by atoms with Crippen molar-refractivity contribution < 1.29 is 14.6 Å². The summed E-state index contributed by atoms with van der Waals surface area (Å²) in [6.45, 7) is 4.61. The van der Waals surface area contributed by atoms with Gasteiger partial charge in [0.05, 0.1) is 25.9 Å². The van der Waals surface area contributed by atoms with Crippen LogP contribution in [0.25, 0.3) is 0 Å². The third kappa shape index (κ3) is 5.59. The average molecular weight is 417 g/mol. The van der Waals surface area contributed by atoms with Gasteiger partial charge in [-0.1, -0.05) is 35.9 Å². The van der Waals surface area contributed by atoms with Crippen LogP contribution in [0, 0.1) is 0 Å². The summed E-state index contributed by atoms with van der Waals surface area (Å²) < 4.78 is 11.3. The Bertz CT molecular complexity index is 830. The first-order valence-corrected chi connectivity index (χ1v) is 10.2. The molecular formula is C23H29ClN2O3. The lowest BCUT2D eigenvalue weighted by Crippen LogP contribution is -2.43. The fraction of sp³-hybridized carbons (Fsp3) is 0.391. The molecule has 156 valence electrons. The lowest BCUT2D eigenvalue weighted by molar-refractivity contribution is 0.0678. The lowest BCUT2D eigenvalue weighted by Gasteiger charge is -2.22. The maximum Gasteiger partial charge on any atom is 0.119 e. The number of aliphatic hydroxyl groups is 1. The van der Waals surface area contributed by atoms with Gasteiger partial charge in [0.25, 0.3) is 0 Å². The monoisotopic (exact) mass is 416 g/mol. The minimum absolute atomic E-state index is 0.0105. The third-order valence-electron chi connectivity index (χ3n) is 5.31. The average Bonchev–Trinajstić information content (AvgIpc) is 3.07. The molecule has 0 aromatic heterocycles. The summed E-state index contributed by atoms with van der Waals surface area (Å²) in [5.74, 6) is 0.804. The van der Waals surface area contributed by atoms with Crippen molar-refractivity contribution in [3.05, 3.63) is 76.8 Å². The summed E-state index contributed by atoms with van der Waals surface area (Å²) in [5.41, 5.74) is 9.52. The van der Waals surface area contributed by atoms with Gasteiger partial charge >= 0.3 is 0 Å². The maximum atomic E-state index is 10.6. The Hall–Kier alpha value is -1.89. The van der Waals surface area contributed by atoms with Crippen molar-refractivity contribution in [1.82, 2.24) is 5.32 Å².